The molecule has 1 saturated heterocycles. The summed E-state index contributed by atoms with van der Waals surface area (Å²) in [7, 11) is 0. The van der Waals surface area contributed by atoms with Crippen LogP contribution in [0.15, 0.2) is 30.3 Å². The smallest absolute Gasteiger partial charge is 0.323 e. The summed E-state index contributed by atoms with van der Waals surface area (Å²) in [6.45, 7) is 0.769. The second kappa shape index (κ2) is 7.36. The molecule has 0 aromatic heterocycles. The van der Waals surface area contributed by atoms with Gasteiger partial charge >= 0.3 is 5.97 Å². The number of nitrogens with one attached hydrogen (secondary N) is 1. The molecule has 1 aliphatic rings. The predicted molar refractivity (Wildman–Crippen MR) is 70.5 cm³/mol. The van der Waals surface area contributed by atoms with Gasteiger partial charge in [-0.25, -0.2) is 0 Å². The fourth-order valence-corrected chi connectivity index (χ4v) is 1.87. The summed E-state index contributed by atoms with van der Waals surface area (Å²) >= 11 is 0. The molecule has 0 saturated carbocycles. The lowest BCUT2D eigenvalue weighted by molar-refractivity contribution is -0.148. The molecule has 1 aliphatic heterocycles. The molecule has 100 valence electrons. The van der Waals surface area contributed by atoms with Crippen molar-refractivity contribution in [1.82, 2.24) is 5.32 Å². The zero-order valence-corrected chi connectivity index (χ0v) is 10.9. The van der Waals surface area contributed by atoms with E-state index < -0.39 is 0 Å². The van der Waals surface area contributed by atoms with Crippen LogP contribution in [0.4, 0.5) is 0 Å². The summed E-state index contributed by atoms with van der Waals surface area (Å²) in [6.07, 6.45) is 0.945. The van der Waals surface area contributed by atoms with Gasteiger partial charge in [-0.3, -0.25) is 4.79 Å². The predicted octanol–water partition coefficient (Wildman–Crippen LogP) is 1.26. The third-order valence-electron chi connectivity index (χ3n) is 2.90. The second-order valence-electron chi connectivity index (χ2n) is 4.29. The van der Waals surface area contributed by atoms with Crippen LogP contribution in [0, 0.1) is 0 Å². The molecule has 0 amide bonds. The summed E-state index contributed by atoms with van der Waals surface area (Å²) in [5.41, 5.74) is 0.983. The molecule has 2 atom stereocenters. The van der Waals surface area contributed by atoms with Gasteiger partial charge in [-0.1, -0.05) is 30.3 Å². The number of carbonyl (C=O) groups excluding carboxylic acids is 1. The van der Waals surface area contributed by atoms with Crippen molar-refractivity contribution < 1.29 is 14.6 Å². The number of carbonyl (C=O) groups is 1. The number of hydrogen-bond donors (Lipinski definition) is 2. The van der Waals surface area contributed by atoms with Crippen molar-refractivity contribution in [2.45, 2.75) is 31.6 Å². The molecule has 0 radical (unpaired) electrons. The maximum absolute atomic E-state index is 11.7. The third-order valence-corrected chi connectivity index (χ3v) is 2.90. The molecule has 0 spiro atoms. The Morgan fingerprint density at radius 1 is 1.33 bits per heavy atom. The van der Waals surface area contributed by atoms with Crippen LogP contribution in [-0.4, -0.2) is 29.8 Å². The van der Waals surface area contributed by atoms with Crippen LogP contribution in [0.25, 0.3) is 0 Å². The number of halogens is 1. The van der Waals surface area contributed by atoms with Crippen molar-refractivity contribution in [3.63, 3.8) is 0 Å². The van der Waals surface area contributed by atoms with E-state index in [9.17, 15) is 9.90 Å². The average Bonchev–Trinajstić information content (AvgIpc) is 2.38. The number of piperidine rings is 1. The van der Waals surface area contributed by atoms with Crippen LogP contribution in [-0.2, 0) is 16.1 Å². The van der Waals surface area contributed by atoms with Crippen LogP contribution in [0.5, 0.6) is 0 Å². The minimum atomic E-state index is -0.340. The number of hydrogen-bond acceptors (Lipinski definition) is 4. The Bertz CT molecular complexity index is 364. The monoisotopic (exact) mass is 271 g/mol. The highest BCUT2D eigenvalue weighted by Gasteiger charge is 2.25. The average molecular weight is 272 g/mol. The summed E-state index contributed by atoms with van der Waals surface area (Å²) in [6, 6.07) is 9.32. The minimum Gasteiger partial charge on any atom is -0.460 e. The van der Waals surface area contributed by atoms with Gasteiger partial charge in [0.1, 0.15) is 12.6 Å². The Kier molecular flexibility index (Phi) is 6.12. The lowest BCUT2D eigenvalue weighted by Crippen LogP contribution is -2.46. The van der Waals surface area contributed by atoms with Gasteiger partial charge in [0.05, 0.1) is 6.10 Å². The number of aliphatic hydroxyl groups excluding tert-OH is 1. The van der Waals surface area contributed by atoms with Crippen molar-refractivity contribution in [3.8, 4) is 0 Å². The molecular formula is C13H18ClNO3. The molecule has 1 aromatic carbocycles. The van der Waals surface area contributed by atoms with Gasteiger partial charge in [-0.2, -0.15) is 0 Å². The number of esters is 1. The van der Waals surface area contributed by atoms with E-state index in [1.807, 2.05) is 30.3 Å². The molecule has 4 nitrogen and oxygen atoms in total. The number of rotatable bonds is 3. The standard InChI is InChI=1S/C13H17NO3.ClH/c15-11-6-7-12(14-8-11)13(16)17-9-10-4-2-1-3-5-10;/h1-5,11-12,14-15H,6-9H2;1H. The zero-order chi connectivity index (χ0) is 12.1. The molecule has 1 fully saturated rings. The maximum Gasteiger partial charge on any atom is 0.323 e. The van der Waals surface area contributed by atoms with Gasteiger partial charge in [-0.15, -0.1) is 12.4 Å². The van der Waals surface area contributed by atoms with Crippen LogP contribution in [0.3, 0.4) is 0 Å². The van der Waals surface area contributed by atoms with E-state index in [4.69, 9.17) is 4.74 Å². The van der Waals surface area contributed by atoms with Gasteiger partial charge in [0, 0.05) is 6.54 Å². The van der Waals surface area contributed by atoms with Crippen LogP contribution < -0.4 is 5.32 Å². The van der Waals surface area contributed by atoms with Gasteiger partial charge in [0.2, 0.25) is 0 Å². The Morgan fingerprint density at radius 2 is 2.06 bits per heavy atom. The second-order valence-corrected chi connectivity index (χ2v) is 4.29. The van der Waals surface area contributed by atoms with E-state index in [1.54, 1.807) is 0 Å². The molecule has 5 heteroatoms. The van der Waals surface area contributed by atoms with E-state index in [2.05, 4.69) is 5.32 Å². The maximum atomic E-state index is 11.7. The van der Waals surface area contributed by atoms with Gasteiger partial charge in [-0.05, 0) is 18.4 Å². The summed E-state index contributed by atoms with van der Waals surface area (Å²) in [5, 5.41) is 12.3. The zero-order valence-electron chi connectivity index (χ0n) is 10.0. The Labute approximate surface area is 113 Å². The van der Waals surface area contributed by atoms with Gasteiger partial charge in [0.25, 0.3) is 0 Å². The SMILES string of the molecule is Cl.O=C(OCc1ccccc1)C1CCC(O)CN1. The molecule has 0 aliphatic carbocycles. The highest BCUT2D eigenvalue weighted by atomic mass is 35.5. The minimum absolute atomic E-state index is 0. The fraction of sp³-hybridized carbons (Fsp3) is 0.462. The quantitative estimate of drug-likeness (QED) is 0.813. The topological polar surface area (TPSA) is 58.6 Å². The number of aliphatic hydroxyl groups is 1. The normalized spacial score (nSPS) is 22.9. The number of ether oxygens (including phenoxy) is 1. The molecule has 2 unspecified atom stereocenters. The van der Waals surface area contributed by atoms with Gasteiger partial charge < -0.3 is 15.2 Å². The molecular weight excluding hydrogens is 254 g/mol. The summed E-state index contributed by atoms with van der Waals surface area (Å²) in [4.78, 5) is 11.7. The van der Waals surface area contributed by atoms with E-state index in [-0.39, 0.29) is 30.5 Å². The molecule has 1 heterocycles. The van der Waals surface area contributed by atoms with Crippen LogP contribution >= 0.6 is 12.4 Å². The number of benzene rings is 1. The highest BCUT2D eigenvalue weighted by Crippen LogP contribution is 2.10. The van der Waals surface area contributed by atoms with Crippen molar-refractivity contribution in [2.24, 2.45) is 0 Å². The highest BCUT2D eigenvalue weighted by molar-refractivity contribution is 5.85. The van der Waals surface area contributed by atoms with E-state index >= 15 is 0 Å². The number of β-amino-alcohol motifs (C(OH)–C–C–N with tert-alkyl or cyclic N) is 1. The van der Waals surface area contributed by atoms with Crippen LogP contribution in [0.2, 0.25) is 0 Å². The van der Waals surface area contributed by atoms with Crippen LogP contribution in [0.1, 0.15) is 18.4 Å². The van der Waals surface area contributed by atoms with E-state index in [1.165, 1.54) is 0 Å². The van der Waals surface area contributed by atoms with Crippen molar-refractivity contribution in [3.05, 3.63) is 35.9 Å². The Morgan fingerprint density at radius 3 is 2.67 bits per heavy atom. The van der Waals surface area contributed by atoms with Gasteiger partial charge in [0.15, 0.2) is 0 Å². The Hall–Kier alpha value is -1.10. The third kappa shape index (κ3) is 4.29. The first-order valence-corrected chi connectivity index (χ1v) is 5.88. The fourth-order valence-electron chi connectivity index (χ4n) is 1.87. The lowest BCUT2D eigenvalue weighted by atomic mass is 10.0. The first kappa shape index (κ1) is 15.0. The van der Waals surface area contributed by atoms with Crippen molar-refractivity contribution in [2.75, 3.05) is 6.54 Å². The largest absolute Gasteiger partial charge is 0.460 e. The van der Waals surface area contributed by atoms with Crippen molar-refractivity contribution >= 4 is 18.4 Å². The van der Waals surface area contributed by atoms with Crippen molar-refractivity contribution in [1.29, 1.82) is 0 Å². The summed E-state index contributed by atoms with van der Waals surface area (Å²) in [5.74, 6) is -0.235. The Balaban J connectivity index is 0.00000162. The first-order valence-electron chi connectivity index (χ1n) is 5.88. The molecule has 2 rings (SSSR count). The lowest BCUT2D eigenvalue weighted by Gasteiger charge is -2.25. The summed E-state index contributed by atoms with van der Waals surface area (Å²) < 4.78 is 5.22. The molecule has 0 bridgehead atoms. The molecule has 2 N–H and O–H groups in total. The first-order chi connectivity index (χ1) is 8.25. The van der Waals surface area contributed by atoms with E-state index in [0.29, 0.717) is 26.0 Å². The molecule has 18 heavy (non-hydrogen) atoms. The molecule has 1 aromatic rings. The van der Waals surface area contributed by atoms with E-state index in [0.717, 1.165) is 5.56 Å².